The molecule has 2 aromatic carbocycles. The second kappa shape index (κ2) is 8.96. The number of nitrogens with one attached hydrogen (secondary N) is 2. The molecule has 1 aliphatic rings. The van der Waals surface area contributed by atoms with Gasteiger partial charge in [0.1, 0.15) is 0 Å². The van der Waals surface area contributed by atoms with Crippen LogP contribution in [0.4, 0.5) is 23.0 Å². The van der Waals surface area contributed by atoms with Gasteiger partial charge < -0.3 is 10.6 Å². The molecule has 0 atom stereocenters. The molecule has 1 aliphatic heterocycles. The Labute approximate surface area is 187 Å². The quantitative estimate of drug-likeness (QED) is 0.571. The number of fused-ring (bicyclic) bond motifs is 1. The summed E-state index contributed by atoms with van der Waals surface area (Å²) in [6.45, 7) is 0. The lowest BCUT2D eigenvalue weighted by atomic mass is 10.0. The van der Waals surface area contributed by atoms with Crippen molar-refractivity contribution in [2.75, 3.05) is 28.2 Å². The molecule has 166 valence electrons. The molecule has 0 fully saturated rings. The van der Waals surface area contributed by atoms with Gasteiger partial charge in [-0.2, -0.15) is 0 Å². The second-order valence-electron chi connectivity index (χ2n) is 7.74. The highest BCUT2D eigenvalue weighted by atomic mass is 32.2. The summed E-state index contributed by atoms with van der Waals surface area (Å²) in [5, 5.41) is 6.14. The SMILES string of the molecule is CN(c1ccccc1CCc1ccnc(Nc2cccc3c2NC(=O)CC3)n1)S(C)(=O)=O. The number of hydrogen-bond donors (Lipinski definition) is 2. The van der Waals surface area contributed by atoms with E-state index in [9.17, 15) is 13.2 Å². The van der Waals surface area contributed by atoms with Crippen LogP contribution in [-0.4, -0.2) is 37.6 Å². The van der Waals surface area contributed by atoms with Gasteiger partial charge in [0.15, 0.2) is 0 Å². The van der Waals surface area contributed by atoms with Crippen LogP contribution in [0, 0.1) is 0 Å². The summed E-state index contributed by atoms with van der Waals surface area (Å²) in [6.07, 6.45) is 5.32. The number of para-hydroxylation sites is 2. The Balaban J connectivity index is 1.51. The summed E-state index contributed by atoms with van der Waals surface area (Å²) >= 11 is 0. The molecular formula is C23H25N5O3S. The zero-order chi connectivity index (χ0) is 22.7. The van der Waals surface area contributed by atoms with Gasteiger partial charge in [0.05, 0.1) is 23.3 Å². The number of rotatable bonds is 7. The van der Waals surface area contributed by atoms with Crippen LogP contribution < -0.4 is 14.9 Å². The summed E-state index contributed by atoms with van der Waals surface area (Å²) < 4.78 is 25.2. The molecule has 1 aromatic heterocycles. The number of carbonyl (C=O) groups excluding carboxylic acids is 1. The number of carbonyl (C=O) groups is 1. The maximum atomic E-state index is 12.0. The van der Waals surface area contributed by atoms with E-state index in [1.54, 1.807) is 19.3 Å². The molecule has 0 radical (unpaired) electrons. The molecule has 3 aromatic rings. The first-order valence-electron chi connectivity index (χ1n) is 10.3. The zero-order valence-electron chi connectivity index (χ0n) is 18.0. The van der Waals surface area contributed by atoms with Gasteiger partial charge in [0, 0.05) is 25.4 Å². The minimum absolute atomic E-state index is 0.000791. The highest BCUT2D eigenvalue weighted by Gasteiger charge is 2.18. The van der Waals surface area contributed by atoms with Crippen LogP contribution in [0.3, 0.4) is 0 Å². The van der Waals surface area contributed by atoms with Crippen LogP contribution >= 0.6 is 0 Å². The van der Waals surface area contributed by atoms with Crippen molar-refractivity contribution in [3.8, 4) is 0 Å². The maximum Gasteiger partial charge on any atom is 0.232 e. The van der Waals surface area contributed by atoms with Gasteiger partial charge >= 0.3 is 0 Å². The number of amides is 1. The van der Waals surface area contributed by atoms with E-state index in [2.05, 4.69) is 20.6 Å². The van der Waals surface area contributed by atoms with Crippen LogP contribution in [0.2, 0.25) is 0 Å². The molecule has 9 heteroatoms. The number of nitrogens with zero attached hydrogens (tertiary/aromatic N) is 3. The average molecular weight is 452 g/mol. The van der Waals surface area contributed by atoms with Gasteiger partial charge in [-0.05, 0) is 48.6 Å². The predicted molar refractivity (Wildman–Crippen MR) is 126 cm³/mol. The molecule has 0 saturated carbocycles. The van der Waals surface area contributed by atoms with Crippen molar-refractivity contribution >= 4 is 38.9 Å². The van der Waals surface area contributed by atoms with E-state index in [1.165, 1.54) is 10.6 Å². The third kappa shape index (κ3) is 4.88. The lowest BCUT2D eigenvalue weighted by molar-refractivity contribution is -0.116. The van der Waals surface area contributed by atoms with Gasteiger partial charge in [-0.3, -0.25) is 9.10 Å². The number of aryl methyl sites for hydroxylation is 3. The molecule has 2 heterocycles. The smallest absolute Gasteiger partial charge is 0.232 e. The summed E-state index contributed by atoms with van der Waals surface area (Å²) in [5.74, 6) is 0.441. The minimum Gasteiger partial charge on any atom is -0.324 e. The zero-order valence-corrected chi connectivity index (χ0v) is 18.8. The van der Waals surface area contributed by atoms with Crippen molar-refractivity contribution in [2.45, 2.75) is 25.7 Å². The highest BCUT2D eigenvalue weighted by molar-refractivity contribution is 7.92. The second-order valence-corrected chi connectivity index (χ2v) is 9.76. The van der Waals surface area contributed by atoms with E-state index in [-0.39, 0.29) is 5.91 Å². The van der Waals surface area contributed by atoms with Crippen molar-refractivity contribution in [3.05, 3.63) is 71.5 Å². The summed E-state index contributed by atoms with van der Waals surface area (Å²) in [7, 11) is -1.79. The molecule has 2 N–H and O–H groups in total. The van der Waals surface area contributed by atoms with Crippen molar-refractivity contribution < 1.29 is 13.2 Å². The monoisotopic (exact) mass is 451 g/mol. The number of benzene rings is 2. The fraction of sp³-hybridized carbons (Fsp3) is 0.261. The van der Waals surface area contributed by atoms with E-state index in [4.69, 9.17) is 0 Å². The van der Waals surface area contributed by atoms with Gasteiger partial charge in [0.2, 0.25) is 21.9 Å². The Bertz CT molecular complexity index is 1260. The maximum absolute atomic E-state index is 12.0. The van der Waals surface area contributed by atoms with Crippen molar-refractivity contribution in [1.29, 1.82) is 0 Å². The Morgan fingerprint density at radius 2 is 1.88 bits per heavy atom. The fourth-order valence-corrected chi connectivity index (χ4v) is 4.23. The molecule has 0 saturated heterocycles. The number of sulfonamides is 1. The Hall–Kier alpha value is -3.46. The summed E-state index contributed by atoms with van der Waals surface area (Å²) in [6, 6.07) is 15.1. The van der Waals surface area contributed by atoms with Crippen LogP contribution in [0.15, 0.2) is 54.7 Å². The van der Waals surface area contributed by atoms with Gasteiger partial charge in [-0.25, -0.2) is 18.4 Å². The fourth-order valence-electron chi connectivity index (χ4n) is 3.70. The van der Waals surface area contributed by atoms with Gasteiger partial charge in [-0.15, -0.1) is 0 Å². The van der Waals surface area contributed by atoms with Crippen LogP contribution in [-0.2, 0) is 34.1 Å². The van der Waals surface area contributed by atoms with Crippen LogP contribution in [0.5, 0.6) is 0 Å². The lowest BCUT2D eigenvalue weighted by Crippen LogP contribution is -2.26. The van der Waals surface area contributed by atoms with Crippen molar-refractivity contribution in [2.24, 2.45) is 0 Å². The molecule has 0 bridgehead atoms. The molecule has 4 rings (SSSR count). The highest BCUT2D eigenvalue weighted by Crippen LogP contribution is 2.32. The average Bonchev–Trinajstić information content (AvgIpc) is 2.77. The summed E-state index contributed by atoms with van der Waals surface area (Å²) in [5.41, 5.74) is 5.02. The molecule has 1 amide bonds. The van der Waals surface area contributed by atoms with E-state index in [1.807, 2.05) is 42.5 Å². The van der Waals surface area contributed by atoms with Crippen LogP contribution in [0.1, 0.15) is 23.2 Å². The topological polar surface area (TPSA) is 104 Å². The molecular weight excluding hydrogens is 426 g/mol. The molecule has 0 unspecified atom stereocenters. The largest absolute Gasteiger partial charge is 0.324 e. The normalized spacial score (nSPS) is 13.2. The van der Waals surface area contributed by atoms with Gasteiger partial charge in [0.25, 0.3) is 0 Å². The Kier molecular flexibility index (Phi) is 6.09. The van der Waals surface area contributed by atoms with Gasteiger partial charge in [-0.1, -0.05) is 30.3 Å². The van der Waals surface area contributed by atoms with E-state index >= 15 is 0 Å². The first-order chi connectivity index (χ1) is 15.3. The third-order valence-corrected chi connectivity index (χ3v) is 6.67. The predicted octanol–water partition coefficient (Wildman–Crippen LogP) is 3.29. The molecule has 0 spiro atoms. The lowest BCUT2D eigenvalue weighted by Gasteiger charge is -2.20. The van der Waals surface area contributed by atoms with E-state index in [0.29, 0.717) is 37.3 Å². The first-order valence-corrected chi connectivity index (χ1v) is 12.2. The Morgan fingerprint density at radius 1 is 1.06 bits per heavy atom. The van der Waals surface area contributed by atoms with E-state index < -0.39 is 10.0 Å². The molecule has 32 heavy (non-hydrogen) atoms. The first kappa shape index (κ1) is 21.8. The standard InChI is InChI=1S/C23H25N5O3S/c1-28(32(2,30)31)20-9-4-3-6-16(20)10-12-18-14-15-24-23(25-18)26-19-8-5-7-17-11-13-21(29)27-22(17)19/h3-9,14-15H,10-13H2,1-2H3,(H,27,29)(H,24,25,26). The number of hydrogen-bond acceptors (Lipinski definition) is 6. The van der Waals surface area contributed by atoms with E-state index in [0.717, 1.165) is 28.2 Å². The molecule has 8 nitrogen and oxygen atoms in total. The minimum atomic E-state index is -3.35. The van der Waals surface area contributed by atoms with Crippen molar-refractivity contribution in [3.63, 3.8) is 0 Å². The Morgan fingerprint density at radius 3 is 2.69 bits per heavy atom. The number of aromatic nitrogens is 2. The van der Waals surface area contributed by atoms with Crippen molar-refractivity contribution in [1.82, 2.24) is 9.97 Å². The summed E-state index contributed by atoms with van der Waals surface area (Å²) in [4.78, 5) is 20.8. The van der Waals surface area contributed by atoms with Crippen LogP contribution in [0.25, 0.3) is 0 Å². The number of anilines is 4. The molecule has 0 aliphatic carbocycles. The third-order valence-electron chi connectivity index (χ3n) is 5.48.